The molecule has 1 aliphatic rings. The number of benzene rings is 4. The number of nitrogens with one attached hydrogen (secondary N) is 2. The van der Waals surface area contributed by atoms with Crippen molar-refractivity contribution in [1.29, 1.82) is 0 Å². The van der Waals surface area contributed by atoms with Crippen molar-refractivity contribution in [2.24, 2.45) is 10.1 Å². The summed E-state index contributed by atoms with van der Waals surface area (Å²) in [5, 5.41) is 12.8. The van der Waals surface area contributed by atoms with Crippen molar-refractivity contribution in [3.05, 3.63) is 146 Å². The zero-order valence-electron chi connectivity index (χ0n) is 24.5. The molecular weight excluding hydrogens is 636 g/mol. The number of nitrogens with zero attached hydrogens (tertiary/aromatic N) is 4. The summed E-state index contributed by atoms with van der Waals surface area (Å²) in [7, 11) is 0. The highest BCUT2D eigenvalue weighted by Crippen LogP contribution is 2.43. The summed E-state index contributed by atoms with van der Waals surface area (Å²) < 4.78 is 13.2. The first-order chi connectivity index (χ1) is 22.0. The van der Waals surface area contributed by atoms with E-state index in [-0.39, 0.29) is 25.5 Å². The van der Waals surface area contributed by atoms with Gasteiger partial charge in [0.15, 0.2) is 11.6 Å². The Morgan fingerprint density at radius 1 is 1.00 bits per heavy atom. The molecule has 0 spiro atoms. The van der Waals surface area contributed by atoms with Crippen molar-refractivity contribution < 1.29 is 19.4 Å². The number of aliphatic hydroxyl groups excluding tert-OH is 1. The Hall–Kier alpha value is -4.67. The van der Waals surface area contributed by atoms with Crippen LogP contribution in [0.1, 0.15) is 40.3 Å². The van der Waals surface area contributed by atoms with Gasteiger partial charge in [0.2, 0.25) is 5.90 Å². The van der Waals surface area contributed by atoms with Gasteiger partial charge in [-0.15, -0.1) is 0 Å². The van der Waals surface area contributed by atoms with Gasteiger partial charge in [0, 0.05) is 40.9 Å². The van der Waals surface area contributed by atoms with Crippen LogP contribution in [0, 0.1) is 0 Å². The molecule has 0 bridgehead atoms. The first-order valence-corrected chi connectivity index (χ1v) is 15.3. The van der Waals surface area contributed by atoms with Gasteiger partial charge in [-0.25, -0.2) is 10.4 Å². The second-order valence-corrected chi connectivity index (χ2v) is 11.4. The summed E-state index contributed by atoms with van der Waals surface area (Å²) in [6.45, 7) is 0.993. The molecule has 1 aliphatic heterocycles. The van der Waals surface area contributed by atoms with Gasteiger partial charge in [-0.2, -0.15) is 0 Å². The van der Waals surface area contributed by atoms with Crippen molar-refractivity contribution in [2.45, 2.75) is 37.6 Å². The van der Waals surface area contributed by atoms with Gasteiger partial charge in [-0.05, 0) is 64.2 Å². The highest BCUT2D eigenvalue weighted by molar-refractivity contribution is 9.10. The predicted molar refractivity (Wildman–Crippen MR) is 175 cm³/mol. The van der Waals surface area contributed by atoms with Gasteiger partial charge in [0.25, 0.3) is 5.91 Å². The number of aliphatic imine (C=N–C) groups is 1. The summed E-state index contributed by atoms with van der Waals surface area (Å²) in [6, 6.07) is 32.2. The molecule has 0 saturated carbocycles. The normalized spacial score (nSPS) is 17.1. The number of halogens is 1. The van der Waals surface area contributed by atoms with Crippen LogP contribution in [0.4, 0.5) is 0 Å². The molecule has 5 rings (SSSR count). The summed E-state index contributed by atoms with van der Waals surface area (Å²) in [5.41, 5.74) is 17.6. The molecule has 0 radical (unpaired) electrons. The highest BCUT2D eigenvalue weighted by atomic mass is 79.9. The number of hydrogen-bond acceptors (Lipinski definition) is 7. The van der Waals surface area contributed by atoms with Crippen LogP contribution in [0.2, 0.25) is 0 Å². The molecule has 3 N–H and O–H groups in total. The van der Waals surface area contributed by atoms with Gasteiger partial charge in [0.1, 0.15) is 5.75 Å². The minimum atomic E-state index is -1.43. The topological polar surface area (TPSA) is 141 Å². The Bertz CT molecular complexity index is 1660. The zero-order valence-corrected chi connectivity index (χ0v) is 26.1. The van der Waals surface area contributed by atoms with E-state index in [4.69, 9.17) is 25.1 Å². The van der Waals surface area contributed by atoms with Crippen LogP contribution in [0.3, 0.4) is 0 Å². The van der Waals surface area contributed by atoms with E-state index in [1.165, 1.54) is 0 Å². The van der Waals surface area contributed by atoms with Gasteiger partial charge in [-0.1, -0.05) is 87.8 Å². The third-order valence-corrected chi connectivity index (χ3v) is 7.95. The number of carbonyl (C=O) groups excluding carboxylic acids is 1. The SMILES string of the molecule is [N-]=[N+]=NCc1ccccc1C[C@]1(C(=O)NNCc2ccccc2)N=C(c2ccc(OCCCO)cc2)O[C@H]1c1ccc(Br)cc1. The Morgan fingerprint density at radius 2 is 1.71 bits per heavy atom. The van der Waals surface area contributed by atoms with Crippen LogP contribution in [-0.4, -0.2) is 35.7 Å². The molecule has 0 aliphatic carbocycles. The van der Waals surface area contributed by atoms with Gasteiger partial charge in [-0.3, -0.25) is 10.2 Å². The van der Waals surface area contributed by atoms with Crippen molar-refractivity contribution in [3.8, 4) is 5.75 Å². The van der Waals surface area contributed by atoms with Crippen LogP contribution in [0.15, 0.2) is 118 Å². The Labute approximate surface area is 269 Å². The Kier molecular flexibility index (Phi) is 10.8. The fourth-order valence-electron chi connectivity index (χ4n) is 5.13. The van der Waals surface area contributed by atoms with E-state index in [2.05, 4.69) is 36.8 Å². The van der Waals surface area contributed by atoms with Crippen LogP contribution in [-0.2, 0) is 29.0 Å². The largest absolute Gasteiger partial charge is 0.494 e. The quantitative estimate of drug-likeness (QED) is 0.0473. The predicted octanol–water partition coefficient (Wildman–Crippen LogP) is 6.34. The fourth-order valence-corrected chi connectivity index (χ4v) is 5.40. The molecule has 1 amide bonds. The molecule has 0 unspecified atom stereocenters. The van der Waals surface area contributed by atoms with E-state index < -0.39 is 11.6 Å². The van der Waals surface area contributed by atoms with Crippen molar-refractivity contribution in [3.63, 3.8) is 0 Å². The van der Waals surface area contributed by atoms with Crippen molar-refractivity contribution in [1.82, 2.24) is 10.9 Å². The average molecular weight is 670 g/mol. The number of hydrogen-bond donors (Lipinski definition) is 3. The highest BCUT2D eigenvalue weighted by Gasteiger charge is 2.53. The van der Waals surface area contributed by atoms with E-state index in [1.807, 2.05) is 103 Å². The molecule has 0 aromatic heterocycles. The lowest BCUT2D eigenvalue weighted by molar-refractivity contribution is -0.130. The van der Waals surface area contributed by atoms with Crippen molar-refractivity contribution >= 4 is 27.7 Å². The minimum Gasteiger partial charge on any atom is -0.494 e. The van der Waals surface area contributed by atoms with Gasteiger partial charge in [0.05, 0.1) is 13.2 Å². The second kappa shape index (κ2) is 15.4. The molecular formula is C34H33BrN6O4. The minimum absolute atomic E-state index is 0.0521. The number of hydrazine groups is 1. The fraction of sp³-hybridized carbons (Fsp3) is 0.235. The lowest BCUT2D eigenvalue weighted by atomic mass is 9.81. The molecule has 2 atom stereocenters. The summed E-state index contributed by atoms with van der Waals surface area (Å²) in [6.07, 6.45) is -0.0776. The maximum atomic E-state index is 14.4. The zero-order chi connectivity index (χ0) is 31.5. The first kappa shape index (κ1) is 31.7. The number of azide groups is 1. The van der Waals surface area contributed by atoms with Crippen LogP contribution in [0.25, 0.3) is 10.4 Å². The maximum Gasteiger partial charge on any atom is 0.266 e. The Morgan fingerprint density at radius 3 is 2.42 bits per heavy atom. The lowest BCUT2D eigenvalue weighted by Crippen LogP contribution is -2.53. The van der Waals surface area contributed by atoms with E-state index in [0.717, 1.165) is 26.7 Å². The lowest BCUT2D eigenvalue weighted by Gasteiger charge is -2.31. The van der Waals surface area contributed by atoms with Crippen LogP contribution < -0.4 is 15.6 Å². The number of ether oxygens (including phenoxy) is 2. The summed E-state index contributed by atoms with van der Waals surface area (Å²) >= 11 is 3.51. The standard InChI is InChI=1S/C34H33BrN6O4/c35-29-15-11-25(12-16-29)31-34(21-27-9-4-5-10-28(27)23-38-41-36,33(43)40-37-22-24-7-2-1-3-8-24)39-32(45-31)26-13-17-30(18-14-26)44-20-6-19-42/h1-5,7-18,31,37,42H,6,19-23H2,(H,40,43)/t31-,34-/m0/s1. The smallest absolute Gasteiger partial charge is 0.266 e. The maximum absolute atomic E-state index is 14.4. The second-order valence-electron chi connectivity index (χ2n) is 10.5. The van der Waals surface area contributed by atoms with Crippen LogP contribution in [0.5, 0.6) is 5.75 Å². The molecule has 11 heteroatoms. The van der Waals surface area contributed by atoms with E-state index in [1.54, 1.807) is 0 Å². The summed E-state index contributed by atoms with van der Waals surface area (Å²) in [5.74, 6) is 0.593. The summed E-state index contributed by atoms with van der Waals surface area (Å²) in [4.78, 5) is 22.4. The molecule has 0 saturated heterocycles. The van der Waals surface area contributed by atoms with E-state index in [0.29, 0.717) is 36.8 Å². The molecule has 0 fully saturated rings. The monoisotopic (exact) mass is 668 g/mol. The third kappa shape index (κ3) is 7.89. The number of carbonyl (C=O) groups is 1. The van der Waals surface area contributed by atoms with Crippen molar-refractivity contribution in [2.75, 3.05) is 13.2 Å². The molecule has 1 heterocycles. The third-order valence-electron chi connectivity index (χ3n) is 7.42. The van der Waals surface area contributed by atoms with E-state index >= 15 is 0 Å². The molecule has 230 valence electrons. The number of rotatable bonds is 14. The average Bonchev–Trinajstić information content (AvgIpc) is 3.46. The molecule has 4 aromatic rings. The first-order valence-electron chi connectivity index (χ1n) is 14.5. The molecule has 4 aromatic carbocycles. The Balaban J connectivity index is 1.55. The molecule has 45 heavy (non-hydrogen) atoms. The number of amides is 1. The number of aliphatic hydroxyl groups is 1. The molecule has 10 nitrogen and oxygen atoms in total. The van der Waals surface area contributed by atoms with Gasteiger partial charge >= 0.3 is 0 Å². The van der Waals surface area contributed by atoms with Gasteiger partial charge < -0.3 is 14.6 Å². The van der Waals surface area contributed by atoms with Crippen LogP contribution >= 0.6 is 15.9 Å². The van der Waals surface area contributed by atoms with E-state index in [9.17, 15) is 4.79 Å².